The Kier molecular flexibility index (Phi) is 2.98. The van der Waals surface area contributed by atoms with E-state index in [2.05, 4.69) is 15.9 Å². The quantitative estimate of drug-likeness (QED) is 0.596. The fourth-order valence-corrected chi connectivity index (χ4v) is 1.38. The molecule has 5 heteroatoms. The fourth-order valence-electron chi connectivity index (χ4n) is 1.06. The second-order valence-corrected chi connectivity index (χ2v) is 3.33. The number of nitro groups is 1. The maximum Gasteiger partial charge on any atom is 0.309 e. The summed E-state index contributed by atoms with van der Waals surface area (Å²) in [5, 5.41) is 10.5. The van der Waals surface area contributed by atoms with E-state index in [0.29, 0.717) is 12.0 Å². The van der Waals surface area contributed by atoms with Gasteiger partial charge in [0.2, 0.25) is 5.82 Å². The van der Waals surface area contributed by atoms with E-state index in [-0.39, 0.29) is 4.47 Å². The highest BCUT2D eigenvalue weighted by Crippen LogP contribution is 2.28. The van der Waals surface area contributed by atoms with E-state index < -0.39 is 16.4 Å². The standard InChI is InChI=1S/C8H7BrFNO2/c1-2-5-3-4-6(9)7(10)8(5)11(12)13/h3-4H,2H2,1H3. The van der Waals surface area contributed by atoms with Crippen molar-refractivity contribution in [1.29, 1.82) is 0 Å². The normalized spacial score (nSPS) is 10.1. The number of benzene rings is 1. The lowest BCUT2D eigenvalue weighted by Crippen LogP contribution is -1.98. The van der Waals surface area contributed by atoms with Gasteiger partial charge in [-0.1, -0.05) is 13.0 Å². The molecule has 0 heterocycles. The van der Waals surface area contributed by atoms with Crippen molar-refractivity contribution in [2.75, 3.05) is 0 Å². The van der Waals surface area contributed by atoms with Crippen molar-refractivity contribution < 1.29 is 9.31 Å². The van der Waals surface area contributed by atoms with Gasteiger partial charge in [-0.25, -0.2) is 0 Å². The third-order valence-corrected chi connectivity index (χ3v) is 2.33. The average molecular weight is 248 g/mol. The molecule has 70 valence electrons. The second kappa shape index (κ2) is 3.83. The van der Waals surface area contributed by atoms with Crippen LogP contribution in [-0.2, 0) is 6.42 Å². The summed E-state index contributed by atoms with van der Waals surface area (Å²) in [5.41, 5.74) is -0.0254. The molecule has 1 aromatic rings. The van der Waals surface area contributed by atoms with Crippen LogP contribution in [-0.4, -0.2) is 4.92 Å². The Labute approximate surface area is 82.8 Å². The number of aryl methyl sites for hydroxylation is 1. The van der Waals surface area contributed by atoms with E-state index >= 15 is 0 Å². The summed E-state index contributed by atoms with van der Waals surface area (Å²) in [6, 6.07) is 3.02. The number of rotatable bonds is 2. The number of hydrogen-bond donors (Lipinski definition) is 0. The molecule has 0 amide bonds. The molecule has 0 unspecified atom stereocenters. The van der Waals surface area contributed by atoms with E-state index in [1.165, 1.54) is 6.07 Å². The van der Waals surface area contributed by atoms with Gasteiger partial charge in [-0.15, -0.1) is 0 Å². The Bertz CT molecular complexity index is 354. The van der Waals surface area contributed by atoms with Gasteiger partial charge in [0.15, 0.2) is 0 Å². The fraction of sp³-hybridized carbons (Fsp3) is 0.250. The van der Waals surface area contributed by atoms with Crippen molar-refractivity contribution in [3.05, 3.63) is 38.1 Å². The molecule has 0 saturated carbocycles. The Morgan fingerprint density at radius 2 is 2.23 bits per heavy atom. The third kappa shape index (κ3) is 1.85. The topological polar surface area (TPSA) is 43.1 Å². The van der Waals surface area contributed by atoms with Crippen molar-refractivity contribution in [2.24, 2.45) is 0 Å². The van der Waals surface area contributed by atoms with Gasteiger partial charge in [0.05, 0.1) is 9.40 Å². The molecule has 0 bridgehead atoms. The molecule has 0 atom stereocenters. The van der Waals surface area contributed by atoms with Crippen LogP contribution >= 0.6 is 15.9 Å². The summed E-state index contributed by atoms with van der Waals surface area (Å²) in [7, 11) is 0. The highest BCUT2D eigenvalue weighted by atomic mass is 79.9. The molecular formula is C8H7BrFNO2. The van der Waals surface area contributed by atoms with Crippen molar-refractivity contribution >= 4 is 21.6 Å². The van der Waals surface area contributed by atoms with E-state index in [0.717, 1.165) is 0 Å². The second-order valence-electron chi connectivity index (χ2n) is 2.48. The van der Waals surface area contributed by atoms with E-state index in [9.17, 15) is 14.5 Å². The molecule has 13 heavy (non-hydrogen) atoms. The summed E-state index contributed by atoms with van der Waals surface area (Å²) >= 11 is 2.90. The molecule has 0 aliphatic carbocycles. The van der Waals surface area contributed by atoms with Gasteiger partial charge in [-0.05, 0) is 28.4 Å². The van der Waals surface area contributed by atoms with Crippen molar-refractivity contribution in [1.82, 2.24) is 0 Å². The zero-order chi connectivity index (χ0) is 10.0. The van der Waals surface area contributed by atoms with Crippen LogP contribution in [0, 0.1) is 15.9 Å². The molecule has 0 fully saturated rings. The van der Waals surface area contributed by atoms with Gasteiger partial charge < -0.3 is 0 Å². The average Bonchev–Trinajstić information content (AvgIpc) is 2.08. The molecule has 0 aromatic heterocycles. The van der Waals surface area contributed by atoms with Crippen LogP contribution in [0.3, 0.4) is 0 Å². The van der Waals surface area contributed by atoms with Crippen LogP contribution in [0.4, 0.5) is 10.1 Å². The Morgan fingerprint density at radius 1 is 1.62 bits per heavy atom. The Balaban J connectivity index is 3.41. The van der Waals surface area contributed by atoms with Crippen LogP contribution in [0.15, 0.2) is 16.6 Å². The third-order valence-electron chi connectivity index (χ3n) is 1.72. The summed E-state index contributed by atoms with van der Waals surface area (Å²) in [5.74, 6) is -0.802. The van der Waals surface area contributed by atoms with E-state index in [1.54, 1.807) is 13.0 Å². The van der Waals surface area contributed by atoms with Gasteiger partial charge in [0.25, 0.3) is 0 Å². The summed E-state index contributed by atoms with van der Waals surface area (Å²) < 4.78 is 13.3. The predicted octanol–water partition coefficient (Wildman–Crippen LogP) is 3.06. The molecule has 0 spiro atoms. The van der Waals surface area contributed by atoms with Gasteiger partial charge >= 0.3 is 5.69 Å². The lowest BCUT2D eigenvalue weighted by atomic mass is 10.1. The van der Waals surface area contributed by atoms with Crippen LogP contribution in [0.25, 0.3) is 0 Å². The van der Waals surface area contributed by atoms with Gasteiger partial charge in [-0.2, -0.15) is 4.39 Å². The molecule has 3 nitrogen and oxygen atoms in total. The molecule has 1 rings (SSSR count). The predicted molar refractivity (Wildman–Crippen MR) is 50.1 cm³/mol. The number of nitrogens with zero attached hydrogens (tertiary/aromatic N) is 1. The van der Waals surface area contributed by atoms with Gasteiger partial charge in [0.1, 0.15) is 0 Å². The highest BCUT2D eigenvalue weighted by Gasteiger charge is 2.21. The van der Waals surface area contributed by atoms with Crippen molar-refractivity contribution in [3.8, 4) is 0 Å². The molecular weight excluding hydrogens is 241 g/mol. The smallest absolute Gasteiger partial charge is 0.258 e. The monoisotopic (exact) mass is 247 g/mol. The maximum absolute atomic E-state index is 13.2. The summed E-state index contributed by atoms with van der Waals surface area (Å²) in [6.45, 7) is 1.75. The zero-order valence-corrected chi connectivity index (χ0v) is 8.47. The first-order valence-electron chi connectivity index (χ1n) is 3.69. The number of halogens is 2. The molecule has 0 aliphatic heterocycles. The van der Waals surface area contributed by atoms with E-state index in [1.807, 2.05) is 0 Å². The first kappa shape index (κ1) is 10.1. The summed E-state index contributed by atoms with van der Waals surface area (Å²) in [4.78, 5) is 9.80. The SMILES string of the molecule is CCc1ccc(Br)c(F)c1[N+](=O)[O-]. The largest absolute Gasteiger partial charge is 0.309 e. The summed E-state index contributed by atoms with van der Waals surface area (Å²) in [6.07, 6.45) is 0.445. The van der Waals surface area contributed by atoms with Crippen LogP contribution in [0.2, 0.25) is 0 Å². The van der Waals surface area contributed by atoms with E-state index in [4.69, 9.17) is 0 Å². The van der Waals surface area contributed by atoms with Crippen LogP contribution in [0.1, 0.15) is 12.5 Å². The minimum Gasteiger partial charge on any atom is -0.258 e. The van der Waals surface area contributed by atoms with Crippen molar-refractivity contribution in [3.63, 3.8) is 0 Å². The number of hydrogen-bond acceptors (Lipinski definition) is 2. The molecule has 1 aromatic carbocycles. The molecule has 0 radical (unpaired) electrons. The maximum atomic E-state index is 13.2. The Hall–Kier alpha value is -0.970. The lowest BCUT2D eigenvalue weighted by molar-refractivity contribution is -0.388. The minimum atomic E-state index is -0.802. The zero-order valence-electron chi connectivity index (χ0n) is 6.88. The van der Waals surface area contributed by atoms with Crippen LogP contribution in [0.5, 0.6) is 0 Å². The van der Waals surface area contributed by atoms with Gasteiger partial charge in [-0.3, -0.25) is 10.1 Å². The molecule has 0 saturated heterocycles. The Morgan fingerprint density at radius 3 is 2.69 bits per heavy atom. The lowest BCUT2D eigenvalue weighted by Gasteiger charge is -2.01. The highest BCUT2D eigenvalue weighted by molar-refractivity contribution is 9.10. The van der Waals surface area contributed by atoms with Crippen molar-refractivity contribution in [2.45, 2.75) is 13.3 Å². The molecule has 0 N–H and O–H groups in total. The first-order valence-corrected chi connectivity index (χ1v) is 4.48. The first-order chi connectivity index (χ1) is 6.07. The number of nitro benzene ring substituents is 1. The molecule has 0 aliphatic rings. The van der Waals surface area contributed by atoms with Crippen LogP contribution < -0.4 is 0 Å². The minimum absolute atomic E-state index is 0.122. The van der Waals surface area contributed by atoms with Gasteiger partial charge in [0, 0.05) is 5.56 Å².